The van der Waals surface area contributed by atoms with Gasteiger partial charge in [-0.25, -0.2) is 0 Å². The van der Waals surface area contributed by atoms with E-state index in [4.69, 9.17) is 9.47 Å². The van der Waals surface area contributed by atoms with Gasteiger partial charge in [0, 0.05) is 13.3 Å². The van der Waals surface area contributed by atoms with Gasteiger partial charge in [-0.15, -0.1) is 0 Å². The molecule has 78 valence electrons. The summed E-state index contributed by atoms with van der Waals surface area (Å²) in [5.41, 5.74) is 1.000. The van der Waals surface area contributed by atoms with E-state index in [1.165, 1.54) is 0 Å². The van der Waals surface area contributed by atoms with E-state index in [-0.39, 0.29) is 6.79 Å². The van der Waals surface area contributed by atoms with Gasteiger partial charge in [-0.3, -0.25) is 4.98 Å². The summed E-state index contributed by atoms with van der Waals surface area (Å²) in [4.78, 5) is 4.29. The highest BCUT2D eigenvalue weighted by Crippen LogP contribution is 2.18. The van der Waals surface area contributed by atoms with Crippen molar-refractivity contribution in [1.82, 2.24) is 4.98 Å². The molecule has 0 fully saturated rings. The fourth-order valence-electron chi connectivity index (χ4n) is 1.22. The van der Waals surface area contributed by atoms with Crippen LogP contribution in [0.15, 0.2) is 18.3 Å². The normalized spacial score (nSPS) is 10.6. The SMILES string of the molecule is COCOc1cccnc1CC(C)C. The van der Waals surface area contributed by atoms with Crippen LogP contribution in [0, 0.1) is 5.92 Å². The maximum atomic E-state index is 5.40. The molecule has 0 aromatic carbocycles. The molecule has 1 rings (SSSR count). The maximum absolute atomic E-state index is 5.40. The Bertz CT molecular complexity index is 274. The first-order valence-corrected chi connectivity index (χ1v) is 4.79. The molecule has 0 aliphatic rings. The van der Waals surface area contributed by atoms with Gasteiger partial charge in [0.05, 0.1) is 5.69 Å². The van der Waals surface area contributed by atoms with Crippen LogP contribution in [-0.2, 0) is 11.2 Å². The Balaban J connectivity index is 2.69. The van der Waals surface area contributed by atoms with Crippen molar-refractivity contribution < 1.29 is 9.47 Å². The molecule has 1 heterocycles. The van der Waals surface area contributed by atoms with E-state index >= 15 is 0 Å². The molecule has 3 heteroatoms. The number of hydrogen-bond acceptors (Lipinski definition) is 3. The minimum atomic E-state index is 0.275. The van der Waals surface area contributed by atoms with Crippen LogP contribution in [0.2, 0.25) is 0 Å². The monoisotopic (exact) mass is 195 g/mol. The van der Waals surface area contributed by atoms with Crippen LogP contribution in [0.1, 0.15) is 19.5 Å². The van der Waals surface area contributed by atoms with Gasteiger partial charge in [0.1, 0.15) is 5.75 Å². The third-order valence-corrected chi connectivity index (χ3v) is 1.78. The second-order valence-electron chi connectivity index (χ2n) is 3.60. The third kappa shape index (κ3) is 3.34. The van der Waals surface area contributed by atoms with Crippen molar-refractivity contribution in [3.05, 3.63) is 24.0 Å². The van der Waals surface area contributed by atoms with E-state index in [0.29, 0.717) is 5.92 Å². The zero-order valence-electron chi connectivity index (χ0n) is 8.99. The standard InChI is InChI=1S/C11H17NO2/c1-9(2)7-10-11(14-8-13-3)5-4-6-12-10/h4-6,9H,7-8H2,1-3H3. The third-order valence-electron chi connectivity index (χ3n) is 1.78. The van der Waals surface area contributed by atoms with E-state index in [9.17, 15) is 0 Å². The lowest BCUT2D eigenvalue weighted by Gasteiger charge is -2.10. The van der Waals surface area contributed by atoms with Gasteiger partial charge < -0.3 is 9.47 Å². The summed E-state index contributed by atoms with van der Waals surface area (Å²) in [6.45, 7) is 4.60. The zero-order valence-corrected chi connectivity index (χ0v) is 8.99. The van der Waals surface area contributed by atoms with Gasteiger partial charge >= 0.3 is 0 Å². The molecule has 0 unspecified atom stereocenters. The molecule has 0 atom stereocenters. The number of rotatable bonds is 5. The predicted molar refractivity (Wildman–Crippen MR) is 55.3 cm³/mol. The Morgan fingerprint density at radius 2 is 2.21 bits per heavy atom. The van der Waals surface area contributed by atoms with Gasteiger partial charge in [0.25, 0.3) is 0 Å². The van der Waals surface area contributed by atoms with E-state index in [1.807, 2.05) is 12.1 Å². The first kappa shape index (κ1) is 11.0. The Kier molecular flexibility index (Phi) is 4.40. The quantitative estimate of drug-likeness (QED) is 0.675. The molecule has 0 bridgehead atoms. The molecule has 0 aliphatic heterocycles. The summed E-state index contributed by atoms with van der Waals surface area (Å²) in [5.74, 6) is 1.40. The van der Waals surface area contributed by atoms with Crippen molar-refractivity contribution in [2.24, 2.45) is 5.92 Å². The Labute approximate surface area is 85.1 Å². The van der Waals surface area contributed by atoms with E-state index < -0.39 is 0 Å². The van der Waals surface area contributed by atoms with Gasteiger partial charge in [0.2, 0.25) is 0 Å². The van der Waals surface area contributed by atoms with E-state index in [1.54, 1.807) is 13.3 Å². The molecular weight excluding hydrogens is 178 g/mol. The minimum Gasteiger partial charge on any atom is -0.466 e. The van der Waals surface area contributed by atoms with Crippen LogP contribution in [0.4, 0.5) is 0 Å². The van der Waals surface area contributed by atoms with Gasteiger partial charge in [-0.1, -0.05) is 13.8 Å². The summed E-state index contributed by atoms with van der Waals surface area (Å²) < 4.78 is 10.3. The molecule has 1 aromatic rings. The molecule has 0 N–H and O–H groups in total. The van der Waals surface area contributed by atoms with Crippen molar-refractivity contribution in [1.29, 1.82) is 0 Å². The van der Waals surface area contributed by atoms with Gasteiger partial charge in [-0.2, -0.15) is 0 Å². The number of pyridine rings is 1. The summed E-state index contributed by atoms with van der Waals surface area (Å²) in [6, 6.07) is 3.79. The van der Waals surface area contributed by atoms with Crippen molar-refractivity contribution in [3.63, 3.8) is 0 Å². The van der Waals surface area contributed by atoms with Crippen molar-refractivity contribution >= 4 is 0 Å². The fourth-order valence-corrected chi connectivity index (χ4v) is 1.22. The van der Waals surface area contributed by atoms with Gasteiger partial charge in [0.15, 0.2) is 6.79 Å². The van der Waals surface area contributed by atoms with Crippen molar-refractivity contribution in [3.8, 4) is 5.75 Å². The first-order valence-electron chi connectivity index (χ1n) is 4.79. The van der Waals surface area contributed by atoms with E-state index in [0.717, 1.165) is 17.9 Å². The highest BCUT2D eigenvalue weighted by Gasteiger charge is 2.06. The van der Waals surface area contributed by atoms with Crippen LogP contribution in [0.5, 0.6) is 5.75 Å². The lowest BCUT2D eigenvalue weighted by atomic mass is 10.1. The highest BCUT2D eigenvalue weighted by atomic mass is 16.7. The molecule has 1 aromatic heterocycles. The second kappa shape index (κ2) is 5.60. The number of nitrogens with zero attached hydrogens (tertiary/aromatic N) is 1. The Morgan fingerprint density at radius 1 is 1.43 bits per heavy atom. The molecule has 0 amide bonds. The average Bonchev–Trinajstić information content (AvgIpc) is 2.16. The topological polar surface area (TPSA) is 31.4 Å². The highest BCUT2D eigenvalue weighted by molar-refractivity contribution is 5.26. The predicted octanol–water partition coefficient (Wildman–Crippen LogP) is 2.26. The minimum absolute atomic E-state index is 0.275. The number of aromatic nitrogens is 1. The van der Waals surface area contributed by atoms with Crippen LogP contribution < -0.4 is 4.74 Å². The fraction of sp³-hybridized carbons (Fsp3) is 0.545. The summed E-state index contributed by atoms with van der Waals surface area (Å²) in [6.07, 6.45) is 2.72. The lowest BCUT2D eigenvalue weighted by molar-refractivity contribution is 0.0499. The second-order valence-corrected chi connectivity index (χ2v) is 3.60. The molecular formula is C11H17NO2. The summed E-state index contributed by atoms with van der Waals surface area (Å²) in [5, 5.41) is 0. The van der Waals surface area contributed by atoms with Gasteiger partial charge in [-0.05, 0) is 24.5 Å². The van der Waals surface area contributed by atoms with E-state index in [2.05, 4.69) is 18.8 Å². The number of methoxy groups -OCH3 is 1. The Morgan fingerprint density at radius 3 is 2.86 bits per heavy atom. The molecule has 3 nitrogen and oxygen atoms in total. The van der Waals surface area contributed by atoms with Crippen molar-refractivity contribution in [2.75, 3.05) is 13.9 Å². The number of hydrogen-bond donors (Lipinski definition) is 0. The Hall–Kier alpha value is -1.09. The van der Waals surface area contributed by atoms with Crippen LogP contribution >= 0.6 is 0 Å². The largest absolute Gasteiger partial charge is 0.466 e. The molecule has 0 saturated heterocycles. The lowest BCUT2D eigenvalue weighted by Crippen LogP contribution is -2.05. The first-order chi connectivity index (χ1) is 6.74. The van der Waals surface area contributed by atoms with Crippen LogP contribution in [0.3, 0.4) is 0 Å². The summed E-state index contributed by atoms with van der Waals surface area (Å²) in [7, 11) is 1.61. The molecule has 0 saturated carbocycles. The maximum Gasteiger partial charge on any atom is 0.188 e. The smallest absolute Gasteiger partial charge is 0.188 e. The molecule has 0 aliphatic carbocycles. The molecule has 0 spiro atoms. The van der Waals surface area contributed by atoms with Crippen molar-refractivity contribution in [2.45, 2.75) is 20.3 Å². The van der Waals surface area contributed by atoms with Crippen LogP contribution in [0.25, 0.3) is 0 Å². The zero-order chi connectivity index (χ0) is 10.4. The molecule has 0 radical (unpaired) electrons. The summed E-state index contributed by atoms with van der Waals surface area (Å²) >= 11 is 0. The number of ether oxygens (including phenoxy) is 2. The molecule has 14 heavy (non-hydrogen) atoms. The van der Waals surface area contributed by atoms with Crippen LogP contribution in [-0.4, -0.2) is 18.9 Å². The average molecular weight is 195 g/mol.